The van der Waals surface area contributed by atoms with Crippen molar-refractivity contribution < 1.29 is 4.79 Å². The molecule has 4 nitrogen and oxygen atoms in total. The second-order valence-corrected chi connectivity index (χ2v) is 5.43. The van der Waals surface area contributed by atoms with Crippen molar-refractivity contribution in [3.63, 3.8) is 0 Å². The summed E-state index contributed by atoms with van der Waals surface area (Å²) in [7, 11) is 0. The minimum absolute atomic E-state index is 0.135. The number of urea groups is 1. The Balaban J connectivity index is 1.61. The molecular formula is C17H19N3O. The van der Waals surface area contributed by atoms with E-state index in [1.165, 1.54) is 5.56 Å². The van der Waals surface area contributed by atoms with Crippen molar-refractivity contribution in [2.75, 3.05) is 0 Å². The van der Waals surface area contributed by atoms with Gasteiger partial charge in [-0.15, -0.1) is 0 Å². The van der Waals surface area contributed by atoms with Crippen LogP contribution in [-0.2, 0) is 12.1 Å². The van der Waals surface area contributed by atoms with Crippen LogP contribution in [-0.4, -0.2) is 11.0 Å². The second kappa shape index (κ2) is 5.95. The Morgan fingerprint density at radius 2 is 1.86 bits per heavy atom. The molecule has 2 N–H and O–H groups in total. The average molecular weight is 281 g/mol. The number of hydrogen-bond donors (Lipinski definition) is 2. The van der Waals surface area contributed by atoms with Crippen LogP contribution in [0.25, 0.3) is 0 Å². The number of carbonyl (C=O) groups is 1. The summed E-state index contributed by atoms with van der Waals surface area (Å²) in [5, 5.41) is 6.02. The maximum absolute atomic E-state index is 12.1. The molecule has 0 radical (unpaired) electrons. The van der Waals surface area contributed by atoms with Gasteiger partial charge in [0.2, 0.25) is 0 Å². The first-order chi connectivity index (χ1) is 10.3. The first-order valence-electron chi connectivity index (χ1n) is 7.30. The van der Waals surface area contributed by atoms with E-state index in [2.05, 4.69) is 27.8 Å². The topological polar surface area (TPSA) is 54.0 Å². The Hall–Kier alpha value is -2.36. The van der Waals surface area contributed by atoms with Crippen LogP contribution in [0.3, 0.4) is 0 Å². The van der Waals surface area contributed by atoms with Crippen LogP contribution in [0.1, 0.15) is 30.5 Å². The van der Waals surface area contributed by atoms with Gasteiger partial charge < -0.3 is 10.6 Å². The van der Waals surface area contributed by atoms with E-state index in [0.29, 0.717) is 6.54 Å². The molecule has 0 bridgehead atoms. The minimum atomic E-state index is -0.199. The molecule has 108 valence electrons. The Kier molecular flexibility index (Phi) is 3.86. The number of nitrogens with zero attached hydrogens (tertiary/aromatic N) is 1. The molecule has 0 aliphatic heterocycles. The number of nitrogens with one attached hydrogen (secondary N) is 2. The lowest BCUT2D eigenvalue weighted by atomic mass is 9.72. The standard InChI is InChI=1S/C17H19N3O/c21-16(19-13-15-9-4-5-12-18-15)20-17(10-6-11-17)14-7-2-1-3-8-14/h1-5,7-9,12H,6,10-11,13H2,(H2,19,20,21). The summed E-state index contributed by atoms with van der Waals surface area (Å²) in [5.74, 6) is 0. The molecule has 1 aliphatic rings. The van der Waals surface area contributed by atoms with E-state index >= 15 is 0 Å². The highest BCUT2D eigenvalue weighted by Gasteiger charge is 2.39. The van der Waals surface area contributed by atoms with Crippen molar-refractivity contribution >= 4 is 6.03 Å². The van der Waals surface area contributed by atoms with E-state index in [1.807, 2.05) is 36.4 Å². The average Bonchev–Trinajstić information content (AvgIpc) is 2.51. The van der Waals surface area contributed by atoms with Crippen molar-refractivity contribution in [3.05, 3.63) is 66.0 Å². The van der Waals surface area contributed by atoms with E-state index in [1.54, 1.807) is 6.20 Å². The molecule has 3 rings (SSSR count). The third-order valence-corrected chi connectivity index (χ3v) is 4.04. The molecule has 2 aromatic rings. The molecule has 21 heavy (non-hydrogen) atoms. The Bertz CT molecular complexity index is 594. The molecule has 1 aromatic heterocycles. The van der Waals surface area contributed by atoms with Crippen molar-refractivity contribution in [1.82, 2.24) is 15.6 Å². The van der Waals surface area contributed by atoms with Gasteiger partial charge >= 0.3 is 6.03 Å². The van der Waals surface area contributed by atoms with Crippen LogP contribution < -0.4 is 10.6 Å². The highest BCUT2D eigenvalue weighted by Crippen LogP contribution is 2.40. The van der Waals surface area contributed by atoms with E-state index in [4.69, 9.17) is 0 Å². The Morgan fingerprint density at radius 3 is 2.48 bits per heavy atom. The fourth-order valence-corrected chi connectivity index (χ4v) is 2.71. The van der Waals surface area contributed by atoms with Gasteiger partial charge in [0.15, 0.2) is 0 Å². The molecule has 0 atom stereocenters. The fourth-order valence-electron chi connectivity index (χ4n) is 2.71. The summed E-state index contributed by atoms with van der Waals surface area (Å²) in [6.45, 7) is 0.442. The monoisotopic (exact) mass is 281 g/mol. The molecule has 0 unspecified atom stereocenters. The van der Waals surface area contributed by atoms with Gasteiger partial charge in [-0.2, -0.15) is 0 Å². The van der Waals surface area contributed by atoms with Crippen LogP contribution >= 0.6 is 0 Å². The summed E-state index contributed by atoms with van der Waals surface area (Å²) in [4.78, 5) is 16.3. The van der Waals surface area contributed by atoms with Crippen LogP contribution in [0.2, 0.25) is 0 Å². The highest BCUT2D eigenvalue weighted by molar-refractivity contribution is 5.75. The number of amides is 2. The largest absolute Gasteiger partial charge is 0.332 e. The summed E-state index contributed by atoms with van der Waals surface area (Å²) in [5.41, 5.74) is 1.84. The fraction of sp³-hybridized carbons (Fsp3) is 0.294. The minimum Gasteiger partial charge on any atom is -0.332 e. The van der Waals surface area contributed by atoms with Crippen molar-refractivity contribution in [1.29, 1.82) is 0 Å². The molecule has 1 heterocycles. The summed E-state index contributed by atoms with van der Waals surface area (Å²) in [6.07, 6.45) is 4.86. The van der Waals surface area contributed by atoms with E-state index < -0.39 is 0 Å². The van der Waals surface area contributed by atoms with Gasteiger partial charge in [-0.1, -0.05) is 36.4 Å². The molecule has 0 spiro atoms. The molecule has 1 saturated carbocycles. The highest BCUT2D eigenvalue weighted by atomic mass is 16.2. The first-order valence-corrected chi connectivity index (χ1v) is 7.30. The van der Waals surface area contributed by atoms with Gasteiger partial charge in [0.05, 0.1) is 17.8 Å². The number of rotatable bonds is 4. The molecule has 1 aliphatic carbocycles. The lowest BCUT2D eigenvalue weighted by Crippen LogP contribution is -2.53. The van der Waals surface area contributed by atoms with Gasteiger partial charge in [-0.05, 0) is 37.0 Å². The Labute approximate surface area is 124 Å². The molecular weight excluding hydrogens is 262 g/mol. The second-order valence-electron chi connectivity index (χ2n) is 5.43. The van der Waals surface area contributed by atoms with Crippen molar-refractivity contribution in [3.8, 4) is 0 Å². The summed E-state index contributed by atoms with van der Waals surface area (Å²) in [6, 6.07) is 15.7. The maximum atomic E-state index is 12.1. The molecule has 4 heteroatoms. The third kappa shape index (κ3) is 3.05. The zero-order valence-corrected chi connectivity index (χ0v) is 11.9. The van der Waals surface area contributed by atoms with Gasteiger partial charge in [0.1, 0.15) is 0 Å². The molecule has 0 saturated heterocycles. The van der Waals surface area contributed by atoms with E-state index in [-0.39, 0.29) is 11.6 Å². The number of pyridine rings is 1. The lowest BCUT2D eigenvalue weighted by Gasteiger charge is -2.43. The normalized spacial score (nSPS) is 15.8. The maximum Gasteiger partial charge on any atom is 0.315 e. The quantitative estimate of drug-likeness (QED) is 0.905. The van der Waals surface area contributed by atoms with Crippen LogP contribution in [0.4, 0.5) is 4.79 Å². The van der Waals surface area contributed by atoms with E-state index in [0.717, 1.165) is 25.0 Å². The zero-order valence-electron chi connectivity index (χ0n) is 11.9. The van der Waals surface area contributed by atoms with Gasteiger partial charge in [-0.3, -0.25) is 4.98 Å². The van der Waals surface area contributed by atoms with Crippen LogP contribution in [0.15, 0.2) is 54.7 Å². The van der Waals surface area contributed by atoms with Crippen molar-refractivity contribution in [2.24, 2.45) is 0 Å². The molecule has 1 fully saturated rings. The van der Waals surface area contributed by atoms with Gasteiger partial charge in [-0.25, -0.2) is 4.79 Å². The summed E-state index contributed by atoms with van der Waals surface area (Å²) >= 11 is 0. The lowest BCUT2D eigenvalue weighted by molar-refractivity contribution is 0.177. The number of benzene rings is 1. The molecule has 2 amide bonds. The van der Waals surface area contributed by atoms with Gasteiger partial charge in [0, 0.05) is 6.20 Å². The van der Waals surface area contributed by atoms with Gasteiger partial charge in [0.25, 0.3) is 0 Å². The van der Waals surface area contributed by atoms with Crippen LogP contribution in [0, 0.1) is 0 Å². The number of hydrogen-bond acceptors (Lipinski definition) is 2. The molecule has 1 aromatic carbocycles. The predicted molar refractivity (Wildman–Crippen MR) is 81.6 cm³/mol. The smallest absolute Gasteiger partial charge is 0.315 e. The van der Waals surface area contributed by atoms with Crippen molar-refractivity contribution in [2.45, 2.75) is 31.3 Å². The van der Waals surface area contributed by atoms with Crippen LogP contribution in [0.5, 0.6) is 0 Å². The first kappa shape index (κ1) is 13.6. The van der Waals surface area contributed by atoms with E-state index in [9.17, 15) is 4.79 Å². The zero-order chi connectivity index (χ0) is 14.5. The SMILES string of the molecule is O=C(NCc1ccccn1)NC1(c2ccccc2)CCC1. The number of carbonyl (C=O) groups excluding carboxylic acids is 1. The summed E-state index contributed by atoms with van der Waals surface area (Å²) < 4.78 is 0. The third-order valence-electron chi connectivity index (χ3n) is 4.04. The Morgan fingerprint density at radius 1 is 1.10 bits per heavy atom. The number of aromatic nitrogens is 1. The predicted octanol–water partition coefficient (Wildman–Crippen LogP) is 2.96.